The van der Waals surface area contributed by atoms with E-state index < -0.39 is 0 Å². The van der Waals surface area contributed by atoms with E-state index in [2.05, 4.69) is 38.4 Å². The highest BCUT2D eigenvalue weighted by Crippen LogP contribution is 2.36. The van der Waals surface area contributed by atoms with Crippen molar-refractivity contribution in [3.8, 4) is 0 Å². The molecule has 0 radical (unpaired) electrons. The second-order valence-corrected chi connectivity index (χ2v) is 5.53. The number of pyridine rings is 1. The molecule has 1 aliphatic carbocycles. The molecule has 1 N–H and O–H groups in total. The molecule has 2 heterocycles. The molecular weight excluding hydrogens is 264 g/mol. The minimum absolute atomic E-state index is 0.837. The van der Waals surface area contributed by atoms with E-state index in [1.165, 1.54) is 37.1 Å². The van der Waals surface area contributed by atoms with Crippen LogP contribution in [-0.4, -0.2) is 18.1 Å². The van der Waals surface area contributed by atoms with Gasteiger partial charge in [-0.05, 0) is 70.9 Å². The molecule has 2 aliphatic rings. The Kier molecular flexibility index (Phi) is 2.82. The van der Waals surface area contributed by atoms with Gasteiger partial charge in [0.1, 0.15) is 4.60 Å². The van der Waals surface area contributed by atoms with E-state index in [9.17, 15) is 0 Å². The number of nitrogens with zero attached hydrogens (tertiary/aromatic N) is 1. The number of fused-ring (bicyclic) bond motifs is 1. The molecule has 0 unspecified atom stereocenters. The first-order chi connectivity index (χ1) is 7.83. The molecule has 3 heteroatoms. The number of nitrogens with one attached hydrogen (secondary N) is 1. The molecule has 2 nitrogen and oxygen atoms in total. The first-order valence-corrected chi connectivity index (χ1v) is 6.64. The van der Waals surface area contributed by atoms with Crippen LogP contribution in [0, 0.1) is 11.8 Å². The Morgan fingerprint density at radius 1 is 1.25 bits per heavy atom. The molecule has 0 amide bonds. The highest BCUT2D eigenvalue weighted by Gasteiger charge is 2.30. The zero-order valence-corrected chi connectivity index (χ0v) is 10.7. The summed E-state index contributed by atoms with van der Waals surface area (Å²) in [6.07, 6.45) is 6.81. The molecule has 3 rings (SSSR count). The number of hydrogen-bond donors (Lipinski definition) is 1. The molecule has 84 valence electrons. The molecule has 0 aromatic carbocycles. The van der Waals surface area contributed by atoms with E-state index in [1.807, 2.05) is 12.3 Å². The fraction of sp³-hybridized carbons (Fsp3) is 0.462. The standard InChI is InChI=1S/C13H15BrN2/c14-13-4-3-11(8-16-13)9-1-2-10-6-15-7-12(10)5-9/h1,3-4,8,10,12,15H,2,5-7H2/t10-,12+/m0/s1. The molecule has 2 atom stereocenters. The van der Waals surface area contributed by atoms with Crippen molar-refractivity contribution in [2.45, 2.75) is 12.8 Å². The Hall–Kier alpha value is -0.670. The molecule has 1 fully saturated rings. The van der Waals surface area contributed by atoms with E-state index in [0.717, 1.165) is 16.4 Å². The summed E-state index contributed by atoms with van der Waals surface area (Å²) >= 11 is 3.37. The normalized spacial score (nSPS) is 28.7. The third-order valence-electron chi connectivity index (χ3n) is 3.73. The Balaban J connectivity index is 1.83. The Morgan fingerprint density at radius 2 is 2.12 bits per heavy atom. The molecule has 1 aliphatic heterocycles. The van der Waals surface area contributed by atoms with Crippen LogP contribution in [0.3, 0.4) is 0 Å². The van der Waals surface area contributed by atoms with Crippen molar-refractivity contribution < 1.29 is 0 Å². The van der Waals surface area contributed by atoms with Crippen molar-refractivity contribution in [2.24, 2.45) is 11.8 Å². The third kappa shape index (κ3) is 1.94. The zero-order valence-electron chi connectivity index (χ0n) is 9.12. The largest absolute Gasteiger partial charge is 0.316 e. The fourth-order valence-electron chi connectivity index (χ4n) is 2.76. The van der Waals surface area contributed by atoms with Gasteiger partial charge in [0.2, 0.25) is 0 Å². The predicted octanol–water partition coefficient (Wildman–Crippen LogP) is 2.86. The summed E-state index contributed by atoms with van der Waals surface area (Å²) < 4.78 is 0.910. The highest BCUT2D eigenvalue weighted by atomic mass is 79.9. The van der Waals surface area contributed by atoms with Crippen molar-refractivity contribution in [1.29, 1.82) is 0 Å². The second-order valence-electron chi connectivity index (χ2n) is 4.72. The molecule has 1 saturated heterocycles. The van der Waals surface area contributed by atoms with Crippen LogP contribution >= 0.6 is 15.9 Å². The SMILES string of the molecule is Brc1ccc(C2=CC[C@H]3CNC[C@H]3C2)cn1. The van der Waals surface area contributed by atoms with Crippen LogP contribution in [0.25, 0.3) is 5.57 Å². The molecule has 0 bridgehead atoms. The Bertz CT molecular complexity index is 410. The maximum Gasteiger partial charge on any atom is 0.106 e. The third-order valence-corrected chi connectivity index (χ3v) is 4.20. The van der Waals surface area contributed by atoms with Crippen LogP contribution in [0.5, 0.6) is 0 Å². The Morgan fingerprint density at radius 3 is 2.94 bits per heavy atom. The molecule has 1 aromatic rings. The average molecular weight is 279 g/mol. The first-order valence-electron chi connectivity index (χ1n) is 5.84. The molecule has 16 heavy (non-hydrogen) atoms. The van der Waals surface area contributed by atoms with E-state index in [4.69, 9.17) is 0 Å². The molecule has 1 aromatic heterocycles. The van der Waals surface area contributed by atoms with Gasteiger partial charge in [-0.2, -0.15) is 0 Å². The lowest BCUT2D eigenvalue weighted by molar-refractivity contribution is 0.418. The van der Waals surface area contributed by atoms with Crippen LogP contribution in [0.15, 0.2) is 29.0 Å². The van der Waals surface area contributed by atoms with Gasteiger partial charge in [0.15, 0.2) is 0 Å². The maximum absolute atomic E-state index is 4.30. The summed E-state index contributed by atoms with van der Waals surface area (Å²) in [6, 6.07) is 4.18. The summed E-state index contributed by atoms with van der Waals surface area (Å²) in [4.78, 5) is 4.30. The van der Waals surface area contributed by atoms with Crippen LogP contribution in [-0.2, 0) is 0 Å². The predicted molar refractivity (Wildman–Crippen MR) is 69.0 cm³/mol. The van der Waals surface area contributed by atoms with Gasteiger partial charge in [-0.15, -0.1) is 0 Å². The number of rotatable bonds is 1. The van der Waals surface area contributed by atoms with Gasteiger partial charge in [-0.1, -0.05) is 12.1 Å². The first kappa shape index (κ1) is 10.5. The van der Waals surface area contributed by atoms with Crippen molar-refractivity contribution in [3.63, 3.8) is 0 Å². The minimum Gasteiger partial charge on any atom is -0.316 e. The van der Waals surface area contributed by atoms with Crippen LogP contribution in [0.1, 0.15) is 18.4 Å². The quantitative estimate of drug-likeness (QED) is 0.800. The minimum atomic E-state index is 0.837. The number of allylic oxidation sites excluding steroid dienone is 2. The van der Waals surface area contributed by atoms with Gasteiger partial charge in [-0.3, -0.25) is 0 Å². The lowest BCUT2D eigenvalue weighted by Gasteiger charge is -2.24. The smallest absolute Gasteiger partial charge is 0.106 e. The summed E-state index contributed by atoms with van der Waals surface area (Å²) in [7, 11) is 0. The lowest BCUT2D eigenvalue weighted by Crippen LogP contribution is -2.16. The molecular formula is C13H15BrN2. The van der Waals surface area contributed by atoms with Gasteiger partial charge in [0.25, 0.3) is 0 Å². The van der Waals surface area contributed by atoms with E-state index in [1.54, 1.807) is 0 Å². The topological polar surface area (TPSA) is 24.9 Å². The lowest BCUT2D eigenvalue weighted by atomic mass is 9.80. The van der Waals surface area contributed by atoms with Gasteiger partial charge in [0, 0.05) is 6.20 Å². The van der Waals surface area contributed by atoms with E-state index >= 15 is 0 Å². The van der Waals surface area contributed by atoms with Crippen molar-refractivity contribution in [3.05, 3.63) is 34.6 Å². The van der Waals surface area contributed by atoms with Gasteiger partial charge in [-0.25, -0.2) is 4.98 Å². The maximum atomic E-state index is 4.30. The summed E-state index contributed by atoms with van der Waals surface area (Å²) in [5.41, 5.74) is 2.76. The highest BCUT2D eigenvalue weighted by molar-refractivity contribution is 9.10. The van der Waals surface area contributed by atoms with E-state index in [0.29, 0.717) is 0 Å². The molecule has 0 spiro atoms. The summed E-state index contributed by atoms with van der Waals surface area (Å²) in [5.74, 6) is 1.70. The van der Waals surface area contributed by atoms with E-state index in [-0.39, 0.29) is 0 Å². The van der Waals surface area contributed by atoms with Crippen molar-refractivity contribution in [1.82, 2.24) is 10.3 Å². The Labute approximate surface area is 104 Å². The van der Waals surface area contributed by atoms with Crippen LogP contribution in [0.4, 0.5) is 0 Å². The monoisotopic (exact) mass is 278 g/mol. The van der Waals surface area contributed by atoms with Crippen molar-refractivity contribution in [2.75, 3.05) is 13.1 Å². The van der Waals surface area contributed by atoms with Gasteiger partial charge in [0.05, 0.1) is 0 Å². The van der Waals surface area contributed by atoms with Crippen molar-refractivity contribution >= 4 is 21.5 Å². The van der Waals surface area contributed by atoms with Crippen LogP contribution < -0.4 is 5.32 Å². The van der Waals surface area contributed by atoms with Crippen LogP contribution in [0.2, 0.25) is 0 Å². The fourth-order valence-corrected chi connectivity index (χ4v) is 3.00. The number of hydrogen-bond acceptors (Lipinski definition) is 2. The summed E-state index contributed by atoms with van der Waals surface area (Å²) in [6.45, 7) is 2.39. The van der Waals surface area contributed by atoms with Gasteiger partial charge < -0.3 is 5.32 Å². The number of halogens is 1. The van der Waals surface area contributed by atoms with Gasteiger partial charge >= 0.3 is 0 Å². The summed E-state index contributed by atoms with van der Waals surface area (Å²) in [5, 5.41) is 3.49. The molecule has 0 saturated carbocycles. The number of aromatic nitrogens is 1. The second kappa shape index (κ2) is 4.30. The zero-order chi connectivity index (χ0) is 11.0. The average Bonchev–Trinajstić information content (AvgIpc) is 2.77.